The Labute approximate surface area is 227 Å². The zero-order chi connectivity index (χ0) is 26.1. The third-order valence-electron chi connectivity index (χ3n) is 6.00. The SMILES string of the molecule is CC(C)(C)OC(=O)N[C@@H](CC(=O)NCC1CN(CCCCI)C(=O)c2ccccc21)c1ccccc1. The minimum Gasteiger partial charge on any atom is -0.444 e. The Bertz CT molecular complexity index is 1040. The van der Waals surface area contributed by atoms with Crippen molar-refractivity contribution in [1.82, 2.24) is 15.5 Å². The van der Waals surface area contributed by atoms with E-state index >= 15 is 0 Å². The minimum atomic E-state index is -0.637. The summed E-state index contributed by atoms with van der Waals surface area (Å²) in [6, 6.07) is 16.5. The maximum absolute atomic E-state index is 13.0. The Morgan fingerprint density at radius 2 is 1.78 bits per heavy atom. The number of alkyl halides is 1. The van der Waals surface area contributed by atoms with E-state index in [1.54, 1.807) is 20.8 Å². The van der Waals surface area contributed by atoms with Crippen LogP contribution in [0.3, 0.4) is 0 Å². The lowest BCUT2D eigenvalue weighted by Crippen LogP contribution is -2.44. The summed E-state index contributed by atoms with van der Waals surface area (Å²) < 4.78 is 6.47. The number of rotatable bonds is 10. The van der Waals surface area contributed by atoms with Gasteiger partial charge in [-0.3, -0.25) is 9.59 Å². The number of halogens is 1. The fraction of sp³-hybridized carbons (Fsp3) is 0.464. The lowest BCUT2D eigenvalue weighted by molar-refractivity contribution is -0.121. The fourth-order valence-corrected chi connectivity index (χ4v) is 4.85. The molecule has 0 bridgehead atoms. The maximum atomic E-state index is 13.0. The van der Waals surface area contributed by atoms with Gasteiger partial charge in [-0.25, -0.2) is 4.79 Å². The van der Waals surface area contributed by atoms with Crippen LogP contribution in [0.1, 0.15) is 73.5 Å². The second-order valence-electron chi connectivity index (χ2n) is 10.0. The Balaban J connectivity index is 1.67. The average Bonchev–Trinajstić information content (AvgIpc) is 2.84. The maximum Gasteiger partial charge on any atom is 0.408 e. The van der Waals surface area contributed by atoms with Gasteiger partial charge in [0.1, 0.15) is 5.60 Å². The van der Waals surface area contributed by atoms with Gasteiger partial charge < -0.3 is 20.3 Å². The Hall–Kier alpha value is -2.62. The zero-order valence-corrected chi connectivity index (χ0v) is 23.4. The van der Waals surface area contributed by atoms with E-state index in [-0.39, 0.29) is 24.2 Å². The van der Waals surface area contributed by atoms with Gasteiger partial charge in [-0.1, -0.05) is 71.1 Å². The molecule has 2 aromatic carbocycles. The number of alkyl carbamates (subject to hydrolysis) is 1. The molecule has 7 nitrogen and oxygen atoms in total. The Kier molecular flexibility index (Phi) is 10.2. The van der Waals surface area contributed by atoms with E-state index in [1.165, 1.54) is 0 Å². The number of hydrogen-bond donors (Lipinski definition) is 2. The van der Waals surface area contributed by atoms with Crippen molar-refractivity contribution in [2.75, 3.05) is 24.1 Å². The number of nitrogens with one attached hydrogen (secondary N) is 2. The molecule has 1 unspecified atom stereocenters. The minimum absolute atomic E-state index is 0.0106. The van der Waals surface area contributed by atoms with E-state index < -0.39 is 17.7 Å². The molecular weight excluding hydrogens is 569 g/mol. The van der Waals surface area contributed by atoms with Crippen LogP contribution in [0.4, 0.5) is 4.79 Å². The van der Waals surface area contributed by atoms with Crippen molar-refractivity contribution in [2.24, 2.45) is 0 Å². The van der Waals surface area contributed by atoms with E-state index in [4.69, 9.17) is 4.74 Å². The Morgan fingerprint density at radius 3 is 2.47 bits per heavy atom. The Morgan fingerprint density at radius 1 is 1.08 bits per heavy atom. The molecule has 3 amide bonds. The highest BCUT2D eigenvalue weighted by atomic mass is 127. The van der Waals surface area contributed by atoms with Crippen LogP contribution < -0.4 is 10.6 Å². The number of nitrogens with zero attached hydrogens (tertiary/aromatic N) is 1. The third-order valence-corrected chi connectivity index (χ3v) is 6.76. The van der Waals surface area contributed by atoms with Gasteiger partial charge in [-0.15, -0.1) is 0 Å². The lowest BCUT2D eigenvalue weighted by Gasteiger charge is -2.34. The van der Waals surface area contributed by atoms with Gasteiger partial charge >= 0.3 is 6.09 Å². The van der Waals surface area contributed by atoms with Crippen molar-refractivity contribution in [3.8, 4) is 0 Å². The lowest BCUT2D eigenvalue weighted by atomic mass is 9.89. The molecule has 0 radical (unpaired) electrons. The van der Waals surface area contributed by atoms with E-state index in [1.807, 2.05) is 59.5 Å². The first-order valence-corrected chi connectivity index (χ1v) is 14.0. The molecule has 0 saturated carbocycles. The van der Waals surface area contributed by atoms with Gasteiger partial charge in [-0.2, -0.15) is 0 Å². The number of unbranched alkanes of at least 4 members (excludes halogenated alkanes) is 1. The second-order valence-corrected chi connectivity index (χ2v) is 11.1. The molecule has 1 aliphatic rings. The first-order valence-electron chi connectivity index (χ1n) is 12.4. The van der Waals surface area contributed by atoms with Crippen LogP contribution in [0.2, 0.25) is 0 Å². The highest BCUT2D eigenvalue weighted by Gasteiger charge is 2.31. The third kappa shape index (κ3) is 8.21. The number of fused-ring (bicyclic) bond motifs is 1. The summed E-state index contributed by atoms with van der Waals surface area (Å²) >= 11 is 2.35. The molecule has 0 aromatic heterocycles. The molecule has 0 spiro atoms. The molecule has 3 rings (SSSR count). The molecule has 0 fully saturated rings. The number of hydrogen-bond acceptors (Lipinski definition) is 4. The molecule has 2 N–H and O–H groups in total. The first-order chi connectivity index (χ1) is 17.2. The van der Waals surface area contributed by atoms with Gasteiger partial charge in [0.25, 0.3) is 5.91 Å². The topological polar surface area (TPSA) is 87.7 Å². The second kappa shape index (κ2) is 13.1. The predicted octanol–water partition coefficient (Wildman–Crippen LogP) is 5.21. The molecule has 8 heteroatoms. The molecule has 2 atom stereocenters. The largest absolute Gasteiger partial charge is 0.444 e. The summed E-state index contributed by atoms with van der Waals surface area (Å²) in [5, 5.41) is 5.89. The van der Waals surface area contributed by atoms with Crippen molar-refractivity contribution < 1.29 is 19.1 Å². The van der Waals surface area contributed by atoms with Crippen LogP contribution in [0.25, 0.3) is 0 Å². The van der Waals surface area contributed by atoms with Gasteiger partial charge in [0.15, 0.2) is 0 Å². The number of benzene rings is 2. The summed E-state index contributed by atoms with van der Waals surface area (Å²) in [6.45, 7) is 7.12. The summed E-state index contributed by atoms with van der Waals surface area (Å²) in [4.78, 5) is 40.3. The van der Waals surface area contributed by atoms with Gasteiger partial charge in [-0.05, 0) is 55.2 Å². The van der Waals surface area contributed by atoms with Crippen LogP contribution >= 0.6 is 22.6 Å². The summed E-state index contributed by atoms with van der Waals surface area (Å²) in [7, 11) is 0. The number of ether oxygens (including phenoxy) is 1. The molecule has 2 aromatic rings. The molecule has 0 saturated heterocycles. The molecule has 36 heavy (non-hydrogen) atoms. The van der Waals surface area contributed by atoms with Gasteiger partial charge in [0.05, 0.1) is 12.5 Å². The number of amides is 3. The van der Waals surface area contributed by atoms with Crippen LogP contribution in [0, 0.1) is 0 Å². The van der Waals surface area contributed by atoms with E-state index in [0.29, 0.717) is 18.7 Å². The van der Waals surface area contributed by atoms with Crippen LogP contribution in [-0.4, -0.2) is 52.5 Å². The van der Waals surface area contributed by atoms with Crippen LogP contribution in [0.15, 0.2) is 54.6 Å². The highest BCUT2D eigenvalue weighted by Crippen LogP contribution is 2.28. The van der Waals surface area contributed by atoms with E-state index in [9.17, 15) is 14.4 Å². The molecule has 1 aliphatic heterocycles. The van der Waals surface area contributed by atoms with Gasteiger partial charge in [0.2, 0.25) is 5.91 Å². The van der Waals surface area contributed by atoms with Crippen molar-refractivity contribution in [1.29, 1.82) is 0 Å². The first kappa shape index (κ1) is 28.0. The fourth-order valence-electron chi connectivity index (χ4n) is 4.31. The highest BCUT2D eigenvalue weighted by molar-refractivity contribution is 14.1. The number of carbonyl (C=O) groups is 3. The molecule has 194 valence electrons. The average molecular weight is 606 g/mol. The number of carbonyl (C=O) groups excluding carboxylic acids is 3. The smallest absolute Gasteiger partial charge is 0.408 e. The molecular formula is C28H36IN3O4. The predicted molar refractivity (Wildman–Crippen MR) is 149 cm³/mol. The quantitative estimate of drug-likeness (QED) is 0.221. The van der Waals surface area contributed by atoms with Crippen molar-refractivity contribution in [3.05, 3.63) is 71.3 Å². The van der Waals surface area contributed by atoms with Crippen LogP contribution in [-0.2, 0) is 9.53 Å². The van der Waals surface area contributed by atoms with Crippen molar-refractivity contribution >= 4 is 40.5 Å². The zero-order valence-electron chi connectivity index (χ0n) is 21.3. The van der Waals surface area contributed by atoms with Gasteiger partial charge in [0, 0.05) is 31.1 Å². The summed E-state index contributed by atoms with van der Waals surface area (Å²) in [5.74, 6) is -0.102. The monoisotopic (exact) mass is 605 g/mol. The summed E-state index contributed by atoms with van der Waals surface area (Å²) in [5.41, 5.74) is 1.88. The summed E-state index contributed by atoms with van der Waals surface area (Å²) in [6.07, 6.45) is 1.55. The van der Waals surface area contributed by atoms with Crippen molar-refractivity contribution in [2.45, 2.75) is 57.6 Å². The molecule has 0 aliphatic carbocycles. The van der Waals surface area contributed by atoms with E-state index in [2.05, 4.69) is 33.2 Å². The van der Waals surface area contributed by atoms with E-state index in [0.717, 1.165) is 34.9 Å². The molecule has 1 heterocycles. The van der Waals surface area contributed by atoms with Crippen molar-refractivity contribution in [3.63, 3.8) is 0 Å². The van der Waals surface area contributed by atoms with Crippen LogP contribution in [0.5, 0.6) is 0 Å². The normalized spacial score (nSPS) is 16.2. The standard InChI is InChI=1S/C28H36IN3O4/c1-28(2,3)36-27(35)31-24(20-11-5-4-6-12-20)17-25(33)30-18-21-19-32(16-10-9-15-29)26(34)23-14-8-7-13-22(21)23/h4-8,11-14,21,24H,9-10,15-19H2,1-3H3,(H,30,33)(H,31,35)/t21?,24-/m0/s1.